The van der Waals surface area contributed by atoms with Crippen molar-refractivity contribution in [2.24, 2.45) is 0 Å². The molecule has 0 spiro atoms. The standard InChI is InChI=1S/C14H9ClF4O/c15-12-10(2-1-3-11(12)16)13(20)8-4-6-9(7-5-8)14(17,18)19/h1-7,13,20H. The Labute approximate surface area is 117 Å². The molecule has 2 aromatic carbocycles. The fourth-order valence-electron chi connectivity index (χ4n) is 1.77. The molecule has 0 fully saturated rings. The van der Waals surface area contributed by atoms with Gasteiger partial charge in [-0.1, -0.05) is 35.9 Å². The average Bonchev–Trinajstić information content (AvgIpc) is 2.40. The molecule has 2 rings (SSSR count). The molecule has 1 nitrogen and oxygen atoms in total. The van der Waals surface area contributed by atoms with E-state index in [9.17, 15) is 22.7 Å². The smallest absolute Gasteiger partial charge is 0.384 e. The van der Waals surface area contributed by atoms with Crippen LogP contribution in [0.25, 0.3) is 0 Å². The van der Waals surface area contributed by atoms with Gasteiger partial charge in [0.25, 0.3) is 0 Å². The molecule has 0 heterocycles. The van der Waals surface area contributed by atoms with Crippen molar-refractivity contribution in [2.45, 2.75) is 12.3 Å². The summed E-state index contributed by atoms with van der Waals surface area (Å²) in [5.74, 6) is -0.699. The van der Waals surface area contributed by atoms with Crippen molar-refractivity contribution in [1.29, 1.82) is 0 Å². The van der Waals surface area contributed by atoms with Crippen molar-refractivity contribution >= 4 is 11.6 Å². The molecule has 0 aliphatic heterocycles. The fraction of sp³-hybridized carbons (Fsp3) is 0.143. The van der Waals surface area contributed by atoms with Crippen molar-refractivity contribution in [3.63, 3.8) is 0 Å². The second kappa shape index (κ2) is 5.42. The fourth-order valence-corrected chi connectivity index (χ4v) is 1.99. The molecule has 6 heteroatoms. The highest BCUT2D eigenvalue weighted by Gasteiger charge is 2.30. The number of alkyl halides is 3. The van der Waals surface area contributed by atoms with Crippen LogP contribution in [0.3, 0.4) is 0 Å². The van der Waals surface area contributed by atoms with Crippen LogP contribution in [0, 0.1) is 5.82 Å². The minimum Gasteiger partial charge on any atom is -0.384 e. The molecule has 1 N–H and O–H groups in total. The van der Waals surface area contributed by atoms with E-state index in [2.05, 4.69) is 0 Å². The zero-order valence-electron chi connectivity index (χ0n) is 9.96. The van der Waals surface area contributed by atoms with Gasteiger partial charge < -0.3 is 5.11 Å². The second-order valence-corrected chi connectivity index (χ2v) is 4.54. The Hall–Kier alpha value is -1.59. The highest BCUT2D eigenvalue weighted by Crippen LogP contribution is 2.33. The van der Waals surface area contributed by atoms with E-state index < -0.39 is 23.7 Å². The van der Waals surface area contributed by atoms with E-state index in [1.165, 1.54) is 12.1 Å². The summed E-state index contributed by atoms with van der Waals surface area (Å²) in [5.41, 5.74) is -0.518. The largest absolute Gasteiger partial charge is 0.416 e. The Morgan fingerprint density at radius 3 is 2.15 bits per heavy atom. The first-order chi connectivity index (χ1) is 9.30. The van der Waals surface area contributed by atoms with Crippen LogP contribution in [0.1, 0.15) is 22.8 Å². The van der Waals surface area contributed by atoms with Crippen molar-refractivity contribution in [2.75, 3.05) is 0 Å². The monoisotopic (exact) mass is 304 g/mol. The minimum absolute atomic E-state index is 0.103. The molecule has 0 aromatic heterocycles. The van der Waals surface area contributed by atoms with Crippen molar-refractivity contribution < 1.29 is 22.7 Å². The van der Waals surface area contributed by atoms with Crippen LogP contribution in [0.2, 0.25) is 5.02 Å². The Morgan fingerprint density at radius 2 is 1.60 bits per heavy atom. The maximum atomic E-state index is 13.3. The van der Waals surface area contributed by atoms with Crippen LogP contribution in [-0.4, -0.2) is 5.11 Å². The van der Waals surface area contributed by atoms with Crippen LogP contribution in [-0.2, 0) is 6.18 Å². The third kappa shape index (κ3) is 2.94. The molecule has 0 bridgehead atoms. The molecule has 2 aromatic rings. The Morgan fingerprint density at radius 1 is 1.00 bits per heavy atom. The van der Waals surface area contributed by atoms with Crippen LogP contribution in [0.4, 0.5) is 17.6 Å². The number of aliphatic hydroxyl groups is 1. The zero-order chi connectivity index (χ0) is 14.9. The van der Waals surface area contributed by atoms with Gasteiger partial charge in [0.15, 0.2) is 0 Å². The van der Waals surface area contributed by atoms with Crippen LogP contribution >= 0.6 is 11.6 Å². The van der Waals surface area contributed by atoms with E-state index in [0.717, 1.165) is 30.3 Å². The van der Waals surface area contributed by atoms with Crippen molar-refractivity contribution in [3.8, 4) is 0 Å². The summed E-state index contributed by atoms with van der Waals surface area (Å²) in [6.07, 6.45) is -5.74. The summed E-state index contributed by atoms with van der Waals surface area (Å²) in [4.78, 5) is 0. The van der Waals surface area contributed by atoms with E-state index in [4.69, 9.17) is 11.6 Å². The van der Waals surface area contributed by atoms with Gasteiger partial charge in [-0.15, -0.1) is 0 Å². The van der Waals surface area contributed by atoms with Crippen LogP contribution in [0.15, 0.2) is 42.5 Å². The van der Waals surface area contributed by atoms with Gasteiger partial charge >= 0.3 is 6.18 Å². The van der Waals surface area contributed by atoms with E-state index >= 15 is 0 Å². The average molecular weight is 305 g/mol. The number of benzene rings is 2. The Kier molecular flexibility index (Phi) is 4.01. The normalized spacial score (nSPS) is 13.3. The summed E-state index contributed by atoms with van der Waals surface area (Å²) in [7, 11) is 0. The van der Waals surface area contributed by atoms with Gasteiger partial charge in [0.1, 0.15) is 11.9 Å². The molecule has 0 radical (unpaired) electrons. The molecule has 0 aliphatic carbocycles. The molecule has 1 unspecified atom stereocenters. The third-order valence-electron chi connectivity index (χ3n) is 2.83. The van der Waals surface area contributed by atoms with Crippen LogP contribution < -0.4 is 0 Å². The lowest BCUT2D eigenvalue weighted by atomic mass is 10.00. The van der Waals surface area contributed by atoms with E-state index in [-0.39, 0.29) is 16.1 Å². The van der Waals surface area contributed by atoms with Gasteiger partial charge in [-0.2, -0.15) is 13.2 Å². The number of hydrogen-bond acceptors (Lipinski definition) is 1. The van der Waals surface area contributed by atoms with E-state index in [0.29, 0.717) is 0 Å². The van der Waals surface area contributed by atoms with Crippen molar-refractivity contribution in [1.82, 2.24) is 0 Å². The lowest BCUT2D eigenvalue weighted by Gasteiger charge is -2.14. The number of rotatable bonds is 2. The minimum atomic E-state index is -4.44. The Balaban J connectivity index is 2.34. The number of aliphatic hydroxyl groups excluding tert-OH is 1. The highest BCUT2D eigenvalue weighted by molar-refractivity contribution is 6.31. The number of hydrogen-bond donors (Lipinski definition) is 1. The SMILES string of the molecule is OC(c1ccc(C(F)(F)F)cc1)c1cccc(F)c1Cl. The van der Waals surface area contributed by atoms with Gasteiger partial charge in [0.05, 0.1) is 10.6 Å². The summed E-state index contributed by atoms with van der Waals surface area (Å²) in [6, 6.07) is 7.88. The van der Waals surface area contributed by atoms with E-state index in [1.54, 1.807) is 0 Å². The molecular weight excluding hydrogens is 296 g/mol. The number of halogens is 5. The molecule has 20 heavy (non-hydrogen) atoms. The molecule has 0 aliphatic rings. The lowest BCUT2D eigenvalue weighted by Crippen LogP contribution is -2.06. The quantitative estimate of drug-likeness (QED) is 0.805. The maximum Gasteiger partial charge on any atom is 0.416 e. The van der Waals surface area contributed by atoms with Gasteiger partial charge in [-0.05, 0) is 23.8 Å². The summed E-state index contributed by atoms with van der Waals surface area (Å²) in [5, 5.41) is 9.81. The first-order valence-corrected chi connectivity index (χ1v) is 5.97. The molecule has 0 amide bonds. The summed E-state index contributed by atoms with van der Waals surface area (Å²) in [6.45, 7) is 0. The van der Waals surface area contributed by atoms with E-state index in [1.807, 2.05) is 0 Å². The topological polar surface area (TPSA) is 20.2 Å². The first kappa shape index (κ1) is 14.8. The van der Waals surface area contributed by atoms with Gasteiger partial charge in [0, 0.05) is 5.56 Å². The highest BCUT2D eigenvalue weighted by atomic mass is 35.5. The van der Waals surface area contributed by atoms with Crippen molar-refractivity contribution in [3.05, 3.63) is 70.0 Å². The Bertz CT molecular complexity index is 608. The van der Waals surface area contributed by atoms with Crippen LogP contribution in [0.5, 0.6) is 0 Å². The molecule has 1 atom stereocenters. The molecule has 0 saturated heterocycles. The summed E-state index contributed by atoms with van der Waals surface area (Å²) >= 11 is 5.73. The predicted octanol–water partition coefficient (Wildman–Crippen LogP) is 4.58. The lowest BCUT2D eigenvalue weighted by molar-refractivity contribution is -0.137. The zero-order valence-corrected chi connectivity index (χ0v) is 10.7. The second-order valence-electron chi connectivity index (χ2n) is 4.17. The first-order valence-electron chi connectivity index (χ1n) is 5.60. The van der Waals surface area contributed by atoms with Gasteiger partial charge in [0.2, 0.25) is 0 Å². The summed E-state index contributed by atoms with van der Waals surface area (Å²) < 4.78 is 50.6. The van der Waals surface area contributed by atoms with Gasteiger partial charge in [-0.25, -0.2) is 4.39 Å². The third-order valence-corrected chi connectivity index (χ3v) is 3.23. The molecular formula is C14H9ClF4O. The molecule has 106 valence electrons. The van der Waals surface area contributed by atoms with Gasteiger partial charge in [-0.3, -0.25) is 0 Å². The maximum absolute atomic E-state index is 13.3. The molecule has 0 saturated carbocycles. The predicted molar refractivity (Wildman–Crippen MR) is 66.9 cm³/mol.